The Bertz CT molecular complexity index is 1640. The van der Waals surface area contributed by atoms with Crippen molar-refractivity contribution in [3.05, 3.63) is 109 Å². The van der Waals surface area contributed by atoms with Crippen LogP contribution in [-0.2, 0) is 28.6 Å². The summed E-state index contributed by atoms with van der Waals surface area (Å²) in [5, 5.41) is 0. The molecule has 0 saturated carbocycles. The maximum Gasteiger partial charge on any atom is 0.306 e. The van der Waals surface area contributed by atoms with Crippen molar-refractivity contribution in [3.63, 3.8) is 0 Å². The van der Waals surface area contributed by atoms with Crippen molar-refractivity contribution in [2.75, 3.05) is 13.2 Å². The quantitative estimate of drug-likeness (QED) is 0.0261. The molecule has 1 unspecified atom stereocenters. The predicted molar refractivity (Wildman–Crippen MR) is 357 cm³/mol. The van der Waals surface area contributed by atoms with E-state index in [1.165, 1.54) is 173 Å². The maximum absolute atomic E-state index is 12.9. The fourth-order valence-corrected chi connectivity index (χ4v) is 9.88. The van der Waals surface area contributed by atoms with Gasteiger partial charge in [-0.2, -0.15) is 0 Å². The Kier molecular flexibility index (Phi) is 66.2. The van der Waals surface area contributed by atoms with Gasteiger partial charge in [-0.3, -0.25) is 14.4 Å². The molecule has 0 aliphatic heterocycles. The zero-order valence-corrected chi connectivity index (χ0v) is 54.0. The summed E-state index contributed by atoms with van der Waals surface area (Å²) in [6, 6.07) is 0. The standard InChI is InChI=1S/C76H130O6/c1-4-7-10-13-16-19-22-25-27-29-31-33-35-36-37-38-39-40-41-43-44-46-48-51-54-57-60-63-66-69-75(78)81-72-73(71-80-74(77)68-65-62-59-56-53-50-24-21-18-15-12-9-6-3)82-76(79)70-67-64-61-58-55-52-49-47-45-42-34-32-30-28-26-23-20-17-14-11-8-5-2/h7,9-10,12,16,18-19,21,25,27,31,33,36-37,39-40,50,53,73H,4-6,8,11,13-15,17,20,22-24,26,28-30,32,34-35,38,41-49,51-52,54-72H2,1-3H3/b10-7-,12-9-,19-16-,21-18-,27-25-,33-31-,37-36-,40-39-,53-50-. The molecular formula is C76H130O6. The number of rotatable bonds is 63. The molecule has 0 saturated heterocycles. The molecule has 0 bridgehead atoms. The largest absolute Gasteiger partial charge is 0.462 e. The molecule has 82 heavy (non-hydrogen) atoms. The highest BCUT2D eigenvalue weighted by molar-refractivity contribution is 5.71. The van der Waals surface area contributed by atoms with Gasteiger partial charge in [0, 0.05) is 19.3 Å². The fourth-order valence-electron chi connectivity index (χ4n) is 9.88. The second-order valence-corrected chi connectivity index (χ2v) is 23.0. The highest BCUT2D eigenvalue weighted by atomic mass is 16.6. The topological polar surface area (TPSA) is 78.9 Å². The van der Waals surface area contributed by atoms with E-state index in [-0.39, 0.29) is 31.1 Å². The van der Waals surface area contributed by atoms with Gasteiger partial charge in [0.25, 0.3) is 0 Å². The summed E-state index contributed by atoms with van der Waals surface area (Å²) in [7, 11) is 0. The van der Waals surface area contributed by atoms with Gasteiger partial charge in [0.15, 0.2) is 6.10 Å². The van der Waals surface area contributed by atoms with Crippen molar-refractivity contribution >= 4 is 17.9 Å². The molecule has 0 heterocycles. The van der Waals surface area contributed by atoms with Gasteiger partial charge in [-0.1, -0.05) is 323 Å². The molecule has 6 nitrogen and oxygen atoms in total. The third-order valence-electron chi connectivity index (χ3n) is 15.0. The Morgan fingerprint density at radius 2 is 0.476 bits per heavy atom. The van der Waals surface area contributed by atoms with E-state index in [1.54, 1.807) is 0 Å². The van der Waals surface area contributed by atoms with E-state index >= 15 is 0 Å². The zero-order chi connectivity index (χ0) is 59.2. The van der Waals surface area contributed by atoms with Gasteiger partial charge in [-0.25, -0.2) is 0 Å². The van der Waals surface area contributed by atoms with E-state index in [4.69, 9.17) is 14.2 Å². The second kappa shape index (κ2) is 69.6. The van der Waals surface area contributed by atoms with Gasteiger partial charge in [-0.15, -0.1) is 0 Å². The number of unbranched alkanes of at least 4 members (excludes halogenated alkanes) is 34. The Morgan fingerprint density at radius 3 is 0.756 bits per heavy atom. The number of allylic oxidation sites excluding steroid dienone is 18. The van der Waals surface area contributed by atoms with Crippen LogP contribution in [0.15, 0.2) is 109 Å². The van der Waals surface area contributed by atoms with E-state index in [1.807, 2.05) is 0 Å². The van der Waals surface area contributed by atoms with Crippen LogP contribution in [0.5, 0.6) is 0 Å². The maximum atomic E-state index is 12.9. The van der Waals surface area contributed by atoms with Crippen LogP contribution in [0.2, 0.25) is 0 Å². The predicted octanol–water partition coefficient (Wildman–Crippen LogP) is 24.2. The third kappa shape index (κ3) is 66.9. The summed E-state index contributed by atoms with van der Waals surface area (Å²) in [6.45, 7) is 6.42. The Hall–Kier alpha value is -3.93. The average molecular weight is 1140 g/mol. The van der Waals surface area contributed by atoms with Gasteiger partial charge in [0.1, 0.15) is 13.2 Å². The molecule has 0 N–H and O–H groups in total. The van der Waals surface area contributed by atoms with Gasteiger partial charge in [0.2, 0.25) is 0 Å². The lowest BCUT2D eigenvalue weighted by atomic mass is 10.0. The SMILES string of the molecule is CC/C=C\C/C=C\C/C=C\C/C=C\C/C=C\C/C=C\CCCCCCCCCCCCC(=O)OCC(COC(=O)CCCCC/C=C\C/C=C\C/C=C\CC)OC(=O)CCCCCCCCCCCCCCCCCCCCCCCC. The normalized spacial score (nSPS) is 12.8. The van der Waals surface area contributed by atoms with Crippen LogP contribution in [0.3, 0.4) is 0 Å². The Balaban J connectivity index is 4.29. The van der Waals surface area contributed by atoms with Crippen LogP contribution in [0.25, 0.3) is 0 Å². The lowest BCUT2D eigenvalue weighted by molar-refractivity contribution is -0.167. The first-order chi connectivity index (χ1) is 40.5. The van der Waals surface area contributed by atoms with Crippen LogP contribution in [0.4, 0.5) is 0 Å². The molecule has 1 atom stereocenters. The highest BCUT2D eigenvalue weighted by Gasteiger charge is 2.19. The minimum atomic E-state index is -0.793. The summed E-state index contributed by atoms with van der Waals surface area (Å²) in [5.41, 5.74) is 0. The summed E-state index contributed by atoms with van der Waals surface area (Å²) < 4.78 is 16.9. The fraction of sp³-hybridized carbons (Fsp3) is 0.724. The van der Waals surface area contributed by atoms with Crippen LogP contribution in [0, 0.1) is 0 Å². The summed E-state index contributed by atoms with van der Waals surface area (Å²) in [5.74, 6) is -0.908. The number of hydrogen-bond acceptors (Lipinski definition) is 6. The summed E-state index contributed by atoms with van der Waals surface area (Å²) in [6.07, 6.45) is 95.5. The molecule has 0 aromatic carbocycles. The third-order valence-corrected chi connectivity index (χ3v) is 15.0. The lowest BCUT2D eigenvalue weighted by Crippen LogP contribution is -2.30. The molecule has 0 aromatic heterocycles. The number of hydrogen-bond donors (Lipinski definition) is 0. The monoisotopic (exact) mass is 1140 g/mol. The molecule has 0 aliphatic carbocycles. The van der Waals surface area contributed by atoms with Crippen molar-refractivity contribution in [3.8, 4) is 0 Å². The molecule has 6 heteroatoms. The molecule has 0 amide bonds. The van der Waals surface area contributed by atoms with Gasteiger partial charge in [0.05, 0.1) is 0 Å². The highest BCUT2D eigenvalue weighted by Crippen LogP contribution is 2.17. The van der Waals surface area contributed by atoms with Crippen molar-refractivity contribution in [2.24, 2.45) is 0 Å². The molecule has 0 aliphatic rings. The van der Waals surface area contributed by atoms with E-state index in [0.717, 1.165) is 122 Å². The van der Waals surface area contributed by atoms with Crippen LogP contribution in [0.1, 0.15) is 335 Å². The smallest absolute Gasteiger partial charge is 0.306 e. The summed E-state index contributed by atoms with van der Waals surface area (Å²) >= 11 is 0. The van der Waals surface area contributed by atoms with E-state index in [0.29, 0.717) is 19.3 Å². The lowest BCUT2D eigenvalue weighted by Gasteiger charge is -2.18. The molecule has 0 spiro atoms. The van der Waals surface area contributed by atoms with Gasteiger partial charge < -0.3 is 14.2 Å². The second-order valence-electron chi connectivity index (χ2n) is 23.0. The van der Waals surface area contributed by atoms with Crippen molar-refractivity contribution in [1.82, 2.24) is 0 Å². The molecule has 0 fully saturated rings. The van der Waals surface area contributed by atoms with Gasteiger partial charge in [-0.05, 0) is 103 Å². The van der Waals surface area contributed by atoms with Gasteiger partial charge >= 0.3 is 17.9 Å². The molecule has 0 rings (SSSR count). The van der Waals surface area contributed by atoms with Crippen LogP contribution < -0.4 is 0 Å². The number of ether oxygens (including phenoxy) is 3. The number of esters is 3. The first-order valence-electron chi connectivity index (χ1n) is 34.9. The van der Waals surface area contributed by atoms with Crippen LogP contribution >= 0.6 is 0 Å². The van der Waals surface area contributed by atoms with Crippen LogP contribution in [-0.4, -0.2) is 37.2 Å². The Labute approximate surface area is 508 Å². The van der Waals surface area contributed by atoms with E-state index in [2.05, 4.69) is 130 Å². The van der Waals surface area contributed by atoms with E-state index < -0.39 is 6.10 Å². The molecule has 0 aromatic rings. The number of carbonyl (C=O) groups is 3. The minimum absolute atomic E-state index is 0.0877. The number of carbonyl (C=O) groups excluding carboxylic acids is 3. The summed E-state index contributed by atoms with van der Waals surface area (Å²) in [4.78, 5) is 38.4. The average Bonchev–Trinajstić information content (AvgIpc) is 3.47. The molecular weight excluding hydrogens is 1010 g/mol. The zero-order valence-electron chi connectivity index (χ0n) is 54.0. The van der Waals surface area contributed by atoms with Crippen molar-refractivity contribution in [1.29, 1.82) is 0 Å². The first kappa shape index (κ1) is 78.1. The molecule has 470 valence electrons. The molecule has 0 radical (unpaired) electrons. The van der Waals surface area contributed by atoms with E-state index in [9.17, 15) is 14.4 Å². The first-order valence-corrected chi connectivity index (χ1v) is 34.9. The Morgan fingerprint density at radius 1 is 0.256 bits per heavy atom. The minimum Gasteiger partial charge on any atom is -0.462 e. The van der Waals surface area contributed by atoms with Crippen molar-refractivity contribution < 1.29 is 28.6 Å². The van der Waals surface area contributed by atoms with Crippen molar-refractivity contribution in [2.45, 2.75) is 341 Å².